The van der Waals surface area contributed by atoms with Crippen LogP contribution in [0.2, 0.25) is 5.02 Å². The Hall–Kier alpha value is -1.14. The van der Waals surface area contributed by atoms with Gasteiger partial charge in [0.2, 0.25) is 0 Å². The number of nitrogens with two attached hydrogens (primary N) is 1. The van der Waals surface area contributed by atoms with E-state index in [9.17, 15) is 0 Å². The Labute approximate surface area is 131 Å². The number of nitrogen functional groups attached to an aromatic ring is 1. The van der Waals surface area contributed by atoms with Crippen molar-refractivity contribution < 1.29 is 4.74 Å². The molecular weight excluding hydrogens is 375 g/mol. The van der Waals surface area contributed by atoms with E-state index in [1.165, 1.54) is 0 Å². The molecule has 0 fully saturated rings. The number of anilines is 3. The van der Waals surface area contributed by atoms with Crippen molar-refractivity contribution in [3.8, 4) is 5.75 Å². The Morgan fingerprint density at radius 1 is 1.26 bits per heavy atom. The molecule has 2 rings (SSSR count). The maximum Gasteiger partial charge on any atom is 0.144 e. The van der Waals surface area contributed by atoms with Crippen LogP contribution in [0, 0.1) is 3.57 Å². The molecule has 0 saturated heterocycles. The number of nitrogens with one attached hydrogen (secondary N) is 1. The van der Waals surface area contributed by atoms with Gasteiger partial charge >= 0.3 is 0 Å². The number of hydrogen-bond acceptors (Lipinski definition) is 3. The molecule has 100 valence electrons. The predicted molar refractivity (Wildman–Crippen MR) is 89.5 cm³/mol. The molecule has 19 heavy (non-hydrogen) atoms. The van der Waals surface area contributed by atoms with Gasteiger partial charge in [-0.1, -0.05) is 11.6 Å². The van der Waals surface area contributed by atoms with Gasteiger partial charge in [0.05, 0.1) is 18.0 Å². The van der Waals surface area contributed by atoms with Gasteiger partial charge in [-0.05, 0) is 59.8 Å². The highest BCUT2D eigenvalue weighted by atomic mass is 127. The lowest BCUT2D eigenvalue weighted by molar-refractivity contribution is 0.342. The van der Waals surface area contributed by atoms with Crippen LogP contribution in [0.3, 0.4) is 0 Å². The van der Waals surface area contributed by atoms with E-state index in [1.54, 1.807) is 0 Å². The second kappa shape index (κ2) is 6.34. The fraction of sp³-hybridized carbons (Fsp3) is 0.143. The third-order valence-electron chi connectivity index (χ3n) is 2.52. The predicted octanol–water partition coefficient (Wildman–Crippen LogP) is 4.67. The standard InChI is InChI=1S/C14H14ClIN2O/c1-2-19-14-8-10(4-5-12(14)17)18-13-6-3-9(15)7-11(13)16/h3-8,18H,2,17H2,1H3. The van der Waals surface area contributed by atoms with Crippen LogP contribution in [-0.2, 0) is 0 Å². The van der Waals surface area contributed by atoms with Crippen LogP contribution in [0.15, 0.2) is 36.4 Å². The summed E-state index contributed by atoms with van der Waals surface area (Å²) in [7, 11) is 0. The molecular formula is C14H14ClIN2O. The molecule has 0 aliphatic heterocycles. The smallest absolute Gasteiger partial charge is 0.144 e. The highest BCUT2D eigenvalue weighted by molar-refractivity contribution is 14.1. The van der Waals surface area contributed by atoms with Gasteiger partial charge in [-0.3, -0.25) is 0 Å². The SMILES string of the molecule is CCOc1cc(Nc2ccc(Cl)cc2I)ccc1N. The zero-order valence-corrected chi connectivity index (χ0v) is 13.3. The third-order valence-corrected chi connectivity index (χ3v) is 3.65. The summed E-state index contributed by atoms with van der Waals surface area (Å²) in [6, 6.07) is 11.3. The maximum absolute atomic E-state index is 5.94. The minimum atomic E-state index is 0.589. The minimum absolute atomic E-state index is 0.589. The van der Waals surface area contributed by atoms with Gasteiger partial charge in [0.15, 0.2) is 0 Å². The first-order valence-corrected chi connectivity index (χ1v) is 7.30. The molecule has 0 radical (unpaired) electrons. The molecule has 0 spiro atoms. The van der Waals surface area contributed by atoms with Gasteiger partial charge in [0.25, 0.3) is 0 Å². The van der Waals surface area contributed by atoms with Crippen LogP contribution in [-0.4, -0.2) is 6.61 Å². The monoisotopic (exact) mass is 388 g/mol. The highest BCUT2D eigenvalue weighted by Gasteiger charge is 2.04. The molecule has 0 aliphatic rings. The lowest BCUT2D eigenvalue weighted by Gasteiger charge is -2.12. The molecule has 0 atom stereocenters. The molecule has 0 aromatic heterocycles. The summed E-state index contributed by atoms with van der Waals surface area (Å²) in [5.41, 5.74) is 8.41. The minimum Gasteiger partial charge on any atom is -0.492 e. The third kappa shape index (κ3) is 3.67. The molecule has 0 aliphatic carbocycles. The summed E-state index contributed by atoms with van der Waals surface area (Å²) in [4.78, 5) is 0. The van der Waals surface area contributed by atoms with Crippen LogP contribution < -0.4 is 15.8 Å². The Morgan fingerprint density at radius 2 is 2.05 bits per heavy atom. The fourth-order valence-corrected chi connectivity index (χ4v) is 2.65. The quantitative estimate of drug-likeness (QED) is 0.591. The van der Waals surface area contributed by atoms with Crippen LogP contribution >= 0.6 is 34.2 Å². The second-order valence-corrected chi connectivity index (χ2v) is 5.53. The number of halogens is 2. The van der Waals surface area contributed by atoms with E-state index in [0.717, 1.165) is 20.0 Å². The van der Waals surface area contributed by atoms with E-state index in [0.29, 0.717) is 18.0 Å². The van der Waals surface area contributed by atoms with Crippen molar-refractivity contribution in [2.75, 3.05) is 17.7 Å². The number of rotatable bonds is 4. The van der Waals surface area contributed by atoms with E-state index < -0.39 is 0 Å². The summed E-state index contributed by atoms with van der Waals surface area (Å²) in [6.07, 6.45) is 0. The molecule has 2 aromatic rings. The molecule has 0 saturated carbocycles. The summed E-state index contributed by atoms with van der Waals surface area (Å²) in [6.45, 7) is 2.52. The fourth-order valence-electron chi connectivity index (χ4n) is 1.64. The van der Waals surface area contributed by atoms with E-state index in [4.69, 9.17) is 22.1 Å². The first-order valence-electron chi connectivity index (χ1n) is 5.84. The lowest BCUT2D eigenvalue weighted by atomic mass is 10.2. The van der Waals surface area contributed by atoms with Gasteiger partial charge in [-0.25, -0.2) is 0 Å². The summed E-state index contributed by atoms with van der Waals surface area (Å²) < 4.78 is 6.53. The van der Waals surface area contributed by atoms with E-state index in [1.807, 2.05) is 43.3 Å². The van der Waals surface area contributed by atoms with Crippen molar-refractivity contribution in [3.63, 3.8) is 0 Å². The van der Waals surface area contributed by atoms with Crippen molar-refractivity contribution in [3.05, 3.63) is 45.0 Å². The Morgan fingerprint density at radius 3 is 2.74 bits per heavy atom. The van der Waals surface area contributed by atoms with Crippen LogP contribution in [0.4, 0.5) is 17.1 Å². The van der Waals surface area contributed by atoms with Gasteiger partial charge in [-0.2, -0.15) is 0 Å². The molecule has 5 heteroatoms. The number of ether oxygens (including phenoxy) is 1. The van der Waals surface area contributed by atoms with Crippen molar-refractivity contribution in [2.45, 2.75) is 6.92 Å². The number of benzene rings is 2. The molecule has 3 nitrogen and oxygen atoms in total. The topological polar surface area (TPSA) is 47.3 Å². The average molecular weight is 389 g/mol. The van der Waals surface area contributed by atoms with Gasteiger partial charge in [0.1, 0.15) is 5.75 Å². The van der Waals surface area contributed by atoms with Crippen LogP contribution in [0.1, 0.15) is 6.92 Å². The Kier molecular flexibility index (Phi) is 4.76. The Bertz CT molecular complexity index is 590. The first-order chi connectivity index (χ1) is 9.10. The van der Waals surface area contributed by atoms with Crippen LogP contribution in [0.25, 0.3) is 0 Å². The lowest BCUT2D eigenvalue weighted by Crippen LogP contribution is -1.99. The molecule has 0 amide bonds. The highest BCUT2D eigenvalue weighted by Crippen LogP contribution is 2.30. The second-order valence-electron chi connectivity index (χ2n) is 3.93. The maximum atomic E-state index is 5.94. The molecule has 3 N–H and O–H groups in total. The van der Waals surface area contributed by atoms with Gasteiger partial charge in [0, 0.05) is 20.3 Å². The molecule has 0 bridgehead atoms. The average Bonchev–Trinajstić information content (AvgIpc) is 2.37. The normalized spacial score (nSPS) is 10.3. The van der Waals surface area contributed by atoms with Crippen molar-refractivity contribution in [2.24, 2.45) is 0 Å². The van der Waals surface area contributed by atoms with Crippen LogP contribution in [0.5, 0.6) is 5.75 Å². The van der Waals surface area contributed by atoms with Crippen molar-refractivity contribution in [1.82, 2.24) is 0 Å². The molecule has 0 unspecified atom stereocenters. The van der Waals surface area contributed by atoms with E-state index in [-0.39, 0.29) is 0 Å². The van der Waals surface area contributed by atoms with Gasteiger partial charge < -0.3 is 15.8 Å². The molecule has 0 heterocycles. The Balaban J connectivity index is 2.25. The van der Waals surface area contributed by atoms with Gasteiger partial charge in [-0.15, -0.1) is 0 Å². The summed E-state index contributed by atoms with van der Waals surface area (Å²) >= 11 is 8.18. The number of hydrogen-bond donors (Lipinski definition) is 2. The van der Waals surface area contributed by atoms with E-state index >= 15 is 0 Å². The zero-order valence-electron chi connectivity index (χ0n) is 10.4. The summed E-state index contributed by atoms with van der Waals surface area (Å²) in [5.74, 6) is 0.691. The first kappa shape index (κ1) is 14.3. The zero-order chi connectivity index (χ0) is 13.8. The summed E-state index contributed by atoms with van der Waals surface area (Å²) in [5, 5.41) is 4.05. The van der Waals surface area contributed by atoms with E-state index in [2.05, 4.69) is 27.9 Å². The van der Waals surface area contributed by atoms with Crippen molar-refractivity contribution in [1.29, 1.82) is 0 Å². The van der Waals surface area contributed by atoms with Crippen molar-refractivity contribution >= 4 is 51.3 Å². The largest absolute Gasteiger partial charge is 0.492 e. The molecule has 2 aromatic carbocycles.